The summed E-state index contributed by atoms with van der Waals surface area (Å²) in [6.45, 7) is 4.72. The summed E-state index contributed by atoms with van der Waals surface area (Å²) in [6.07, 6.45) is 2.71. The molecule has 0 bridgehead atoms. The molecule has 0 amide bonds. The van der Waals surface area contributed by atoms with Crippen molar-refractivity contribution in [2.75, 3.05) is 11.9 Å². The van der Waals surface area contributed by atoms with Crippen molar-refractivity contribution >= 4 is 11.5 Å². The Kier molecular flexibility index (Phi) is 4.96. The van der Waals surface area contributed by atoms with Crippen LogP contribution < -0.4 is 15.8 Å². The maximum Gasteiger partial charge on any atom is 0.173 e. The van der Waals surface area contributed by atoms with Gasteiger partial charge < -0.3 is 15.8 Å². The van der Waals surface area contributed by atoms with E-state index in [1.165, 1.54) is 0 Å². The van der Waals surface area contributed by atoms with Crippen molar-refractivity contribution in [3.63, 3.8) is 0 Å². The molecule has 20 heavy (non-hydrogen) atoms. The monoisotopic (exact) mass is 271 g/mol. The number of anilines is 2. The second-order valence-electron chi connectivity index (χ2n) is 4.70. The fourth-order valence-corrected chi connectivity index (χ4v) is 1.95. The van der Waals surface area contributed by atoms with Crippen LogP contribution in [0.3, 0.4) is 0 Å². The minimum Gasteiger partial charge on any atom is -0.490 e. The van der Waals surface area contributed by atoms with E-state index in [0.717, 1.165) is 23.4 Å². The van der Waals surface area contributed by atoms with E-state index in [-0.39, 0.29) is 6.04 Å². The number of hydrogen-bond donors (Lipinski definition) is 2. The number of ether oxygens (including phenoxy) is 1. The zero-order valence-corrected chi connectivity index (χ0v) is 12.0. The lowest BCUT2D eigenvalue weighted by molar-refractivity contribution is 0.318. The Labute approximate surface area is 120 Å². The largest absolute Gasteiger partial charge is 0.490 e. The SMILES string of the molecule is CCCOc1cccnc1Nc1ccccc1C(C)N. The van der Waals surface area contributed by atoms with Crippen LogP contribution in [0.25, 0.3) is 0 Å². The molecule has 0 spiro atoms. The molecule has 0 fully saturated rings. The van der Waals surface area contributed by atoms with Gasteiger partial charge in [-0.25, -0.2) is 4.98 Å². The Morgan fingerprint density at radius 1 is 1.25 bits per heavy atom. The lowest BCUT2D eigenvalue weighted by atomic mass is 10.1. The van der Waals surface area contributed by atoms with Crippen molar-refractivity contribution in [3.05, 3.63) is 48.2 Å². The van der Waals surface area contributed by atoms with E-state index in [9.17, 15) is 0 Å². The van der Waals surface area contributed by atoms with Crippen LogP contribution in [0.15, 0.2) is 42.6 Å². The van der Waals surface area contributed by atoms with Gasteiger partial charge in [0.2, 0.25) is 0 Å². The van der Waals surface area contributed by atoms with Gasteiger partial charge in [0, 0.05) is 17.9 Å². The van der Waals surface area contributed by atoms with Crippen molar-refractivity contribution in [1.29, 1.82) is 0 Å². The molecule has 1 unspecified atom stereocenters. The Bertz CT molecular complexity index is 555. The summed E-state index contributed by atoms with van der Waals surface area (Å²) in [4.78, 5) is 4.35. The summed E-state index contributed by atoms with van der Waals surface area (Å²) in [5.74, 6) is 1.47. The summed E-state index contributed by atoms with van der Waals surface area (Å²) in [6, 6.07) is 11.7. The number of para-hydroxylation sites is 1. The normalized spacial score (nSPS) is 11.9. The highest BCUT2D eigenvalue weighted by Gasteiger charge is 2.09. The summed E-state index contributed by atoms with van der Waals surface area (Å²) in [5, 5.41) is 3.32. The first-order valence-electron chi connectivity index (χ1n) is 6.91. The van der Waals surface area contributed by atoms with Crippen LogP contribution in [0.1, 0.15) is 31.9 Å². The second-order valence-corrected chi connectivity index (χ2v) is 4.70. The molecule has 4 nitrogen and oxygen atoms in total. The molecule has 0 aliphatic carbocycles. The Balaban J connectivity index is 2.26. The number of hydrogen-bond acceptors (Lipinski definition) is 4. The highest BCUT2D eigenvalue weighted by atomic mass is 16.5. The number of rotatable bonds is 6. The highest BCUT2D eigenvalue weighted by molar-refractivity contribution is 5.65. The van der Waals surface area contributed by atoms with Gasteiger partial charge in [-0.05, 0) is 37.1 Å². The third kappa shape index (κ3) is 3.48. The molecule has 0 saturated heterocycles. The van der Waals surface area contributed by atoms with Crippen molar-refractivity contribution in [2.45, 2.75) is 26.3 Å². The average Bonchev–Trinajstić information content (AvgIpc) is 2.47. The van der Waals surface area contributed by atoms with Crippen molar-refractivity contribution in [2.24, 2.45) is 5.73 Å². The van der Waals surface area contributed by atoms with E-state index >= 15 is 0 Å². The van der Waals surface area contributed by atoms with Gasteiger partial charge in [0.15, 0.2) is 11.6 Å². The van der Waals surface area contributed by atoms with Crippen LogP contribution in [0, 0.1) is 0 Å². The molecular weight excluding hydrogens is 250 g/mol. The van der Waals surface area contributed by atoms with Gasteiger partial charge in [-0.3, -0.25) is 0 Å². The standard InChI is InChI=1S/C16H21N3O/c1-3-11-20-15-9-6-10-18-16(15)19-14-8-5-4-7-13(14)12(2)17/h4-10,12H,3,11,17H2,1-2H3,(H,18,19). The Hall–Kier alpha value is -2.07. The molecule has 0 aliphatic heterocycles. The summed E-state index contributed by atoms with van der Waals surface area (Å²) < 4.78 is 5.70. The first kappa shape index (κ1) is 14.3. The van der Waals surface area contributed by atoms with Gasteiger partial charge >= 0.3 is 0 Å². The average molecular weight is 271 g/mol. The lowest BCUT2D eigenvalue weighted by Crippen LogP contribution is -2.09. The highest BCUT2D eigenvalue weighted by Crippen LogP contribution is 2.28. The summed E-state index contributed by atoms with van der Waals surface area (Å²) in [7, 11) is 0. The van der Waals surface area contributed by atoms with Crippen molar-refractivity contribution in [3.8, 4) is 5.75 Å². The third-order valence-electron chi connectivity index (χ3n) is 2.94. The molecule has 2 rings (SSSR count). The molecule has 106 valence electrons. The van der Waals surface area contributed by atoms with Crippen LogP contribution in [0.4, 0.5) is 11.5 Å². The first-order valence-corrected chi connectivity index (χ1v) is 6.91. The van der Waals surface area contributed by atoms with Crippen LogP contribution in [0.5, 0.6) is 5.75 Å². The maximum atomic E-state index is 5.99. The van der Waals surface area contributed by atoms with E-state index in [1.807, 2.05) is 43.3 Å². The van der Waals surface area contributed by atoms with E-state index in [1.54, 1.807) is 6.20 Å². The minimum atomic E-state index is -0.0394. The number of nitrogens with two attached hydrogens (primary N) is 1. The molecule has 0 radical (unpaired) electrons. The van der Waals surface area contributed by atoms with E-state index in [0.29, 0.717) is 12.4 Å². The summed E-state index contributed by atoms with van der Waals surface area (Å²) >= 11 is 0. The molecule has 3 N–H and O–H groups in total. The molecule has 1 heterocycles. The molecule has 2 aromatic rings. The lowest BCUT2D eigenvalue weighted by Gasteiger charge is -2.16. The predicted octanol–water partition coefficient (Wildman–Crippen LogP) is 3.63. The van der Waals surface area contributed by atoms with E-state index in [4.69, 9.17) is 10.5 Å². The van der Waals surface area contributed by atoms with Crippen molar-refractivity contribution < 1.29 is 4.74 Å². The molecular formula is C16H21N3O. The predicted molar refractivity (Wildman–Crippen MR) is 82.4 cm³/mol. The topological polar surface area (TPSA) is 60.2 Å². The van der Waals surface area contributed by atoms with Gasteiger partial charge in [0.25, 0.3) is 0 Å². The van der Waals surface area contributed by atoms with Crippen LogP contribution >= 0.6 is 0 Å². The summed E-state index contributed by atoms with van der Waals surface area (Å²) in [5.41, 5.74) is 8.01. The zero-order valence-electron chi connectivity index (χ0n) is 12.0. The molecule has 4 heteroatoms. The van der Waals surface area contributed by atoms with Gasteiger partial charge in [-0.1, -0.05) is 25.1 Å². The van der Waals surface area contributed by atoms with Crippen LogP contribution in [-0.2, 0) is 0 Å². The third-order valence-corrected chi connectivity index (χ3v) is 2.94. The number of aromatic nitrogens is 1. The molecule has 0 aliphatic rings. The molecule has 1 aromatic carbocycles. The fourth-order valence-electron chi connectivity index (χ4n) is 1.95. The quantitative estimate of drug-likeness (QED) is 0.842. The molecule has 1 aromatic heterocycles. The van der Waals surface area contributed by atoms with Crippen molar-refractivity contribution in [1.82, 2.24) is 4.98 Å². The Morgan fingerprint density at radius 2 is 2.05 bits per heavy atom. The molecule has 0 saturated carbocycles. The van der Waals surface area contributed by atoms with Gasteiger partial charge in [0.05, 0.1) is 6.61 Å². The maximum absolute atomic E-state index is 5.99. The smallest absolute Gasteiger partial charge is 0.173 e. The second kappa shape index (κ2) is 6.91. The minimum absolute atomic E-state index is 0.0394. The Morgan fingerprint density at radius 3 is 2.80 bits per heavy atom. The van der Waals surface area contributed by atoms with E-state index < -0.39 is 0 Å². The number of pyridine rings is 1. The van der Waals surface area contributed by atoms with Crippen LogP contribution in [-0.4, -0.2) is 11.6 Å². The van der Waals surface area contributed by atoms with Gasteiger partial charge in [-0.2, -0.15) is 0 Å². The van der Waals surface area contributed by atoms with Gasteiger partial charge in [0.1, 0.15) is 0 Å². The fraction of sp³-hybridized carbons (Fsp3) is 0.312. The van der Waals surface area contributed by atoms with E-state index in [2.05, 4.69) is 17.2 Å². The van der Waals surface area contributed by atoms with Crippen LogP contribution in [0.2, 0.25) is 0 Å². The zero-order chi connectivity index (χ0) is 14.4. The molecule has 1 atom stereocenters. The first-order chi connectivity index (χ1) is 9.72. The number of benzene rings is 1. The van der Waals surface area contributed by atoms with Gasteiger partial charge in [-0.15, -0.1) is 0 Å². The number of nitrogens with zero attached hydrogens (tertiary/aromatic N) is 1. The number of nitrogens with one attached hydrogen (secondary N) is 1.